The van der Waals surface area contributed by atoms with Crippen molar-refractivity contribution in [2.24, 2.45) is 7.05 Å². The highest BCUT2D eigenvalue weighted by molar-refractivity contribution is 5.95. The van der Waals surface area contributed by atoms with Gasteiger partial charge in [-0.1, -0.05) is 12.1 Å². The van der Waals surface area contributed by atoms with Crippen molar-refractivity contribution in [3.63, 3.8) is 0 Å². The largest absolute Gasteiger partial charge is 0.382 e. The molecule has 0 aliphatic rings. The summed E-state index contributed by atoms with van der Waals surface area (Å²) >= 11 is 0. The van der Waals surface area contributed by atoms with Crippen LogP contribution in [0.25, 0.3) is 11.1 Å². The van der Waals surface area contributed by atoms with Gasteiger partial charge in [-0.2, -0.15) is 10.2 Å². The Morgan fingerprint density at radius 3 is 2.56 bits per heavy atom. The minimum atomic E-state index is -0.264. The predicted octanol–water partition coefficient (Wildman–Crippen LogP) is 2.73. The van der Waals surface area contributed by atoms with Crippen LogP contribution in [0.4, 0.5) is 0 Å². The Morgan fingerprint density at radius 2 is 2.00 bits per heavy atom. The van der Waals surface area contributed by atoms with E-state index in [9.17, 15) is 4.79 Å². The van der Waals surface area contributed by atoms with Gasteiger partial charge in [0.05, 0.1) is 24.0 Å². The number of amides is 1. The Kier molecular flexibility index (Phi) is 5.71. The minimum absolute atomic E-state index is 0.147. The molecule has 142 valence electrons. The molecule has 0 radical (unpaired) electrons. The van der Waals surface area contributed by atoms with E-state index >= 15 is 0 Å². The molecule has 0 aliphatic heterocycles. The summed E-state index contributed by atoms with van der Waals surface area (Å²) in [5.74, 6) is -0.147. The molecule has 0 fully saturated rings. The number of hydrogen-bond donors (Lipinski definition) is 1. The Morgan fingerprint density at radius 1 is 1.26 bits per heavy atom. The highest BCUT2D eigenvalue weighted by atomic mass is 16.5. The second-order valence-electron chi connectivity index (χ2n) is 6.42. The first kappa shape index (κ1) is 18.8. The molecule has 0 aliphatic carbocycles. The predicted molar refractivity (Wildman–Crippen MR) is 103 cm³/mol. The number of carbonyl (C=O) groups is 1. The molecule has 3 rings (SSSR count). The van der Waals surface area contributed by atoms with Gasteiger partial charge in [0.1, 0.15) is 0 Å². The Hall–Kier alpha value is -2.93. The summed E-state index contributed by atoms with van der Waals surface area (Å²) in [6.45, 7) is 5.25. The second-order valence-corrected chi connectivity index (χ2v) is 6.42. The van der Waals surface area contributed by atoms with Crippen LogP contribution >= 0.6 is 0 Å². The topological polar surface area (TPSA) is 74.0 Å². The molecule has 1 amide bonds. The molecule has 7 heteroatoms. The summed E-state index contributed by atoms with van der Waals surface area (Å²) in [5.41, 5.74) is 4.59. The third kappa shape index (κ3) is 4.09. The average Bonchev–Trinajstić information content (AvgIpc) is 3.26. The molecule has 0 spiro atoms. The van der Waals surface area contributed by atoms with E-state index in [0.29, 0.717) is 12.2 Å². The normalized spacial score (nSPS) is 12.1. The first-order chi connectivity index (χ1) is 13.0. The molecular weight excluding hydrogens is 342 g/mol. The maximum Gasteiger partial charge on any atom is 0.251 e. The molecular formula is C20H25N5O2. The third-order valence-corrected chi connectivity index (χ3v) is 4.58. The summed E-state index contributed by atoms with van der Waals surface area (Å²) < 4.78 is 8.91. The number of nitrogens with zero attached hydrogens (tertiary/aromatic N) is 4. The lowest BCUT2D eigenvalue weighted by molar-refractivity contribution is 0.0892. The van der Waals surface area contributed by atoms with Gasteiger partial charge in [0.15, 0.2) is 0 Å². The minimum Gasteiger partial charge on any atom is -0.382 e. The molecule has 0 saturated heterocycles. The number of aryl methyl sites for hydroxylation is 3. The summed E-state index contributed by atoms with van der Waals surface area (Å²) in [6.07, 6.45) is 3.74. The Labute approximate surface area is 159 Å². The first-order valence-corrected chi connectivity index (χ1v) is 8.95. The fourth-order valence-corrected chi connectivity index (χ4v) is 3.10. The van der Waals surface area contributed by atoms with Gasteiger partial charge in [0, 0.05) is 44.2 Å². The molecule has 0 saturated carbocycles. The van der Waals surface area contributed by atoms with Crippen LogP contribution in [0.1, 0.15) is 34.7 Å². The zero-order valence-electron chi connectivity index (χ0n) is 16.1. The Balaban J connectivity index is 1.76. The zero-order valence-corrected chi connectivity index (χ0v) is 16.1. The van der Waals surface area contributed by atoms with E-state index in [1.165, 1.54) is 0 Å². The summed E-state index contributed by atoms with van der Waals surface area (Å²) in [6, 6.07) is 9.19. The number of methoxy groups -OCH3 is 1. The first-order valence-electron chi connectivity index (χ1n) is 8.95. The van der Waals surface area contributed by atoms with Crippen LogP contribution in [0.15, 0.2) is 42.7 Å². The fraction of sp³-hybridized carbons (Fsp3) is 0.350. The zero-order chi connectivity index (χ0) is 19.4. The number of benzene rings is 1. The van der Waals surface area contributed by atoms with Gasteiger partial charge in [-0.25, -0.2) is 0 Å². The lowest BCUT2D eigenvalue weighted by atomic mass is 10.0. The van der Waals surface area contributed by atoms with Crippen LogP contribution in [-0.4, -0.2) is 39.2 Å². The number of aromatic nitrogens is 4. The van der Waals surface area contributed by atoms with Crippen molar-refractivity contribution in [3.8, 4) is 11.1 Å². The van der Waals surface area contributed by atoms with Gasteiger partial charge < -0.3 is 10.1 Å². The van der Waals surface area contributed by atoms with Crippen LogP contribution < -0.4 is 5.32 Å². The monoisotopic (exact) mass is 367 g/mol. The summed E-state index contributed by atoms with van der Waals surface area (Å²) in [5, 5.41) is 11.7. The molecule has 7 nitrogen and oxygen atoms in total. The van der Waals surface area contributed by atoms with Gasteiger partial charge in [0.25, 0.3) is 5.91 Å². The van der Waals surface area contributed by atoms with Crippen molar-refractivity contribution < 1.29 is 9.53 Å². The van der Waals surface area contributed by atoms with Crippen molar-refractivity contribution in [2.45, 2.75) is 26.4 Å². The molecule has 2 heterocycles. The smallest absolute Gasteiger partial charge is 0.251 e. The van der Waals surface area contributed by atoms with Crippen molar-refractivity contribution in [1.82, 2.24) is 24.9 Å². The second kappa shape index (κ2) is 8.18. The number of carbonyl (C=O) groups excluding carboxylic acids is 1. The quantitative estimate of drug-likeness (QED) is 0.697. The van der Waals surface area contributed by atoms with Crippen molar-refractivity contribution in [1.29, 1.82) is 0 Å². The lowest BCUT2D eigenvalue weighted by Gasteiger charge is -2.18. The standard InChI is InChI=1S/C20H25N5O2/c1-5-25-12-17(14(2)23-25)15-6-8-16(9-7-15)20(26)22-18(13-27-4)19-10-11-21-24(19)3/h6-12,18H,5,13H2,1-4H3,(H,22,26)/t18-/m0/s1. The van der Waals surface area contributed by atoms with E-state index in [2.05, 4.69) is 22.4 Å². The van der Waals surface area contributed by atoms with Crippen molar-refractivity contribution >= 4 is 5.91 Å². The van der Waals surface area contributed by atoms with E-state index < -0.39 is 0 Å². The summed E-state index contributed by atoms with van der Waals surface area (Å²) in [4.78, 5) is 12.7. The molecule has 1 N–H and O–H groups in total. The van der Waals surface area contributed by atoms with Gasteiger partial charge >= 0.3 is 0 Å². The Bertz CT molecular complexity index is 911. The van der Waals surface area contributed by atoms with Gasteiger partial charge in [0.2, 0.25) is 0 Å². The van der Waals surface area contributed by atoms with Crippen LogP contribution in [-0.2, 0) is 18.3 Å². The van der Waals surface area contributed by atoms with Gasteiger partial charge in [-0.05, 0) is 37.6 Å². The van der Waals surface area contributed by atoms with E-state index in [-0.39, 0.29) is 11.9 Å². The maximum absolute atomic E-state index is 12.7. The molecule has 1 atom stereocenters. The van der Waals surface area contributed by atoms with Crippen molar-refractivity contribution in [2.75, 3.05) is 13.7 Å². The number of rotatable bonds is 7. The van der Waals surface area contributed by atoms with Crippen LogP contribution in [0, 0.1) is 6.92 Å². The molecule has 0 unspecified atom stereocenters. The van der Waals surface area contributed by atoms with Crippen LogP contribution in [0.5, 0.6) is 0 Å². The van der Waals surface area contributed by atoms with Gasteiger partial charge in [-0.15, -0.1) is 0 Å². The number of nitrogens with one attached hydrogen (secondary N) is 1. The van der Waals surface area contributed by atoms with E-state index in [0.717, 1.165) is 29.1 Å². The SMILES string of the molecule is CCn1cc(-c2ccc(C(=O)N[C@@H](COC)c3ccnn3C)cc2)c(C)n1. The number of ether oxygens (including phenoxy) is 1. The van der Waals surface area contributed by atoms with Gasteiger partial charge in [-0.3, -0.25) is 14.2 Å². The highest BCUT2D eigenvalue weighted by Gasteiger charge is 2.18. The van der Waals surface area contributed by atoms with E-state index in [4.69, 9.17) is 4.74 Å². The highest BCUT2D eigenvalue weighted by Crippen LogP contribution is 2.23. The molecule has 2 aromatic heterocycles. The van der Waals surface area contributed by atoms with E-state index in [1.807, 2.05) is 55.2 Å². The van der Waals surface area contributed by atoms with E-state index in [1.54, 1.807) is 18.0 Å². The third-order valence-electron chi connectivity index (χ3n) is 4.58. The average molecular weight is 367 g/mol. The number of hydrogen-bond acceptors (Lipinski definition) is 4. The fourth-order valence-electron chi connectivity index (χ4n) is 3.10. The lowest BCUT2D eigenvalue weighted by Crippen LogP contribution is -2.32. The maximum atomic E-state index is 12.7. The van der Waals surface area contributed by atoms with Crippen LogP contribution in [0.3, 0.4) is 0 Å². The summed E-state index contributed by atoms with van der Waals surface area (Å²) in [7, 11) is 3.46. The molecule has 27 heavy (non-hydrogen) atoms. The molecule has 1 aromatic carbocycles. The van der Waals surface area contributed by atoms with Crippen molar-refractivity contribution in [3.05, 3.63) is 59.7 Å². The molecule has 3 aromatic rings. The molecule has 0 bridgehead atoms. The van der Waals surface area contributed by atoms with Crippen LogP contribution in [0.2, 0.25) is 0 Å².